The van der Waals surface area contributed by atoms with Gasteiger partial charge >= 0.3 is 0 Å². The second kappa shape index (κ2) is 8.64. The Hall–Kier alpha value is -1.14. The predicted molar refractivity (Wildman–Crippen MR) is 93.8 cm³/mol. The topological polar surface area (TPSA) is 52.0 Å². The Morgan fingerprint density at radius 1 is 1.22 bits per heavy atom. The zero-order valence-electron chi connectivity index (χ0n) is 13.2. The summed E-state index contributed by atoms with van der Waals surface area (Å²) in [7, 11) is 0. The first kappa shape index (κ1) is 18.2. The van der Waals surface area contributed by atoms with Crippen molar-refractivity contribution in [2.75, 3.05) is 19.7 Å². The summed E-state index contributed by atoms with van der Waals surface area (Å²) < 4.78 is 7.67. The number of nitrogens with zero attached hydrogens (tertiary/aromatic N) is 3. The average Bonchev–Trinajstić information content (AvgIpc) is 2.98. The second-order valence-corrected chi connectivity index (χ2v) is 5.88. The number of hydrogen-bond acceptors (Lipinski definition) is 4. The normalized spacial score (nSPS) is 15.4. The molecule has 1 fully saturated rings. The zero-order chi connectivity index (χ0) is 15.4. The summed E-state index contributed by atoms with van der Waals surface area (Å²) in [6, 6.07) is 7.80. The smallest absolute Gasteiger partial charge is 0.163 e. The molecule has 23 heavy (non-hydrogen) atoms. The maximum atomic E-state index is 6.01. The lowest BCUT2D eigenvalue weighted by molar-refractivity contribution is 0.127. The van der Waals surface area contributed by atoms with Crippen LogP contribution in [-0.2, 0) is 11.3 Å². The maximum absolute atomic E-state index is 6.01. The number of aromatic nitrogens is 3. The van der Waals surface area contributed by atoms with Crippen molar-refractivity contribution in [1.82, 2.24) is 20.1 Å². The molecule has 126 valence electrons. The van der Waals surface area contributed by atoms with E-state index in [4.69, 9.17) is 16.3 Å². The predicted octanol–water partition coefficient (Wildman–Crippen LogP) is 3.35. The van der Waals surface area contributed by atoms with Crippen molar-refractivity contribution in [2.24, 2.45) is 0 Å². The van der Waals surface area contributed by atoms with Crippen LogP contribution in [0.15, 0.2) is 24.3 Å². The molecule has 3 rings (SSSR count). The molecule has 2 heterocycles. The minimum Gasteiger partial charge on any atom is -0.374 e. The van der Waals surface area contributed by atoms with Crippen molar-refractivity contribution in [3.8, 4) is 5.69 Å². The molecule has 0 aliphatic carbocycles. The van der Waals surface area contributed by atoms with Gasteiger partial charge in [0.15, 0.2) is 5.82 Å². The third-order valence-corrected chi connectivity index (χ3v) is 4.23. The van der Waals surface area contributed by atoms with E-state index >= 15 is 0 Å². The van der Waals surface area contributed by atoms with E-state index in [0.717, 1.165) is 48.3 Å². The molecule has 5 nitrogen and oxygen atoms in total. The van der Waals surface area contributed by atoms with Crippen molar-refractivity contribution in [3.63, 3.8) is 0 Å². The SMILES string of the molecule is CCOCc1nnc(C2CCNCC2)n1-c1ccc(Cl)cc1.Cl. The van der Waals surface area contributed by atoms with Gasteiger partial charge in [-0.05, 0) is 57.1 Å². The molecule has 0 bridgehead atoms. The van der Waals surface area contributed by atoms with E-state index in [1.807, 2.05) is 31.2 Å². The molecule has 2 aromatic rings. The van der Waals surface area contributed by atoms with Crippen LogP contribution in [0.3, 0.4) is 0 Å². The van der Waals surface area contributed by atoms with E-state index in [1.165, 1.54) is 0 Å². The van der Waals surface area contributed by atoms with Crippen LogP contribution in [0.4, 0.5) is 0 Å². The third kappa shape index (κ3) is 4.23. The summed E-state index contributed by atoms with van der Waals surface area (Å²) in [5.74, 6) is 2.30. The molecule has 0 atom stereocenters. The molecule has 0 unspecified atom stereocenters. The van der Waals surface area contributed by atoms with Gasteiger partial charge in [0.05, 0.1) is 0 Å². The molecule has 0 amide bonds. The first-order valence-corrected chi connectivity index (χ1v) is 8.16. The monoisotopic (exact) mass is 356 g/mol. The first-order chi connectivity index (χ1) is 10.8. The van der Waals surface area contributed by atoms with Crippen LogP contribution in [0, 0.1) is 0 Å². The second-order valence-electron chi connectivity index (χ2n) is 5.45. The van der Waals surface area contributed by atoms with Gasteiger partial charge in [-0.15, -0.1) is 22.6 Å². The molecule has 1 aromatic carbocycles. The van der Waals surface area contributed by atoms with Crippen molar-refractivity contribution in [2.45, 2.75) is 32.3 Å². The van der Waals surface area contributed by atoms with Crippen LogP contribution < -0.4 is 5.32 Å². The van der Waals surface area contributed by atoms with E-state index in [-0.39, 0.29) is 12.4 Å². The van der Waals surface area contributed by atoms with Gasteiger partial charge in [-0.3, -0.25) is 4.57 Å². The van der Waals surface area contributed by atoms with Gasteiger partial charge in [-0.1, -0.05) is 11.6 Å². The summed E-state index contributed by atoms with van der Waals surface area (Å²) in [5.41, 5.74) is 1.04. The minimum absolute atomic E-state index is 0. The lowest BCUT2D eigenvalue weighted by atomic mass is 9.97. The highest BCUT2D eigenvalue weighted by molar-refractivity contribution is 6.30. The summed E-state index contributed by atoms with van der Waals surface area (Å²) in [6.07, 6.45) is 2.17. The van der Waals surface area contributed by atoms with E-state index in [9.17, 15) is 0 Å². The molecule has 1 saturated heterocycles. The molecule has 1 aliphatic rings. The van der Waals surface area contributed by atoms with Crippen LogP contribution in [0.5, 0.6) is 0 Å². The van der Waals surface area contributed by atoms with Crippen molar-refractivity contribution in [3.05, 3.63) is 40.9 Å². The average molecular weight is 357 g/mol. The van der Waals surface area contributed by atoms with Crippen molar-refractivity contribution < 1.29 is 4.74 Å². The Bertz CT molecular complexity index is 609. The first-order valence-electron chi connectivity index (χ1n) is 7.78. The fourth-order valence-corrected chi connectivity index (χ4v) is 2.96. The van der Waals surface area contributed by atoms with Crippen LogP contribution in [-0.4, -0.2) is 34.5 Å². The van der Waals surface area contributed by atoms with Gasteiger partial charge in [0, 0.05) is 23.2 Å². The highest BCUT2D eigenvalue weighted by Gasteiger charge is 2.24. The fraction of sp³-hybridized carbons (Fsp3) is 0.500. The number of nitrogens with one attached hydrogen (secondary N) is 1. The van der Waals surface area contributed by atoms with E-state index in [1.54, 1.807) is 0 Å². The van der Waals surface area contributed by atoms with Gasteiger partial charge in [0.1, 0.15) is 12.4 Å². The van der Waals surface area contributed by atoms with E-state index < -0.39 is 0 Å². The van der Waals surface area contributed by atoms with Gasteiger partial charge in [0.2, 0.25) is 0 Å². The van der Waals surface area contributed by atoms with Crippen LogP contribution >= 0.6 is 24.0 Å². The Balaban J connectivity index is 0.00000192. The van der Waals surface area contributed by atoms with Crippen LogP contribution in [0.2, 0.25) is 5.02 Å². The lowest BCUT2D eigenvalue weighted by Crippen LogP contribution is -2.28. The fourth-order valence-electron chi connectivity index (χ4n) is 2.83. The molecule has 0 saturated carbocycles. The highest BCUT2D eigenvalue weighted by Crippen LogP contribution is 2.27. The molecule has 0 spiro atoms. The summed E-state index contributed by atoms with van der Waals surface area (Å²) >= 11 is 6.01. The zero-order valence-corrected chi connectivity index (χ0v) is 14.7. The van der Waals surface area contributed by atoms with Crippen molar-refractivity contribution >= 4 is 24.0 Å². The third-order valence-electron chi connectivity index (χ3n) is 3.98. The molecule has 7 heteroatoms. The number of rotatable bonds is 5. The minimum atomic E-state index is 0. The molecule has 1 aromatic heterocycles. The van der Waals surface area contributed by atoms with Gasteiger partial charge in [-0.25, -0.2) is 0 Å². The maximum Gasteiger partial charge on any atom is 0.163 e. The molecule has 0 radical (unpaired) electrons. The van der Waals surface area contributed by atoms with Gasteiger partial charge < -0.3 is 10.1 Å². The summed E-state index contributed by atoms with van der Waals surface area (Å²) in [5, 5.41) is 12.9. The Labute approximate surface area is 147 Å². The molecular formula is C16H22Cl2N4O. The molecular weight excluding hydrogens is 335 g/mol. The van der Waals surface area contributed by atoms with Crippen molar-refractivity contribution in [1.29, 1.82) is 0 Å². The van der Waals surface area contributed by atoms with Crippen LogP contribution in [0.1, 0.15) is 37.3 Å². The standard InChI is InChI=1S/C16H21ClN4O.ClH/c1-2-22-11-15-19-20-16(12-7-9-18-10-8-12)21(15)14-5-3-13(17)4-6-14;/h3-6,12,18H,2,7-11H2,1H3;1H. The quantitative estimate of drug-likeness (QED) is 0.892. The number of halogens is 2. The van der Waals surface area contributed by atoms with E-state index in [2.05, 4.69) is 20.1 Å². The van der Waals surface area contributed by atoms with Gasteiger partial charge in [-0.2, -0.15) is 0 Å². The Morgan fingerprint density at radius 3 is 2.57 bits per heavy atom. The number of piperidine rings is 1. The number of hydrogen-bond donors (Lipinski definition) is 1. The Kier molecular flexibility index (Phi) is 6.84. The van der Waals surface area contributed by atoms with Gasteiger partial charge in [0.25, 0.3) is 0 Å². The number of benzene rings is 1. The lowest BCUT2D eigenvalue weighted by Gasteiger charge is -2.23. The largest absolute Gasteiger partial charge is 0.374 e. The Morgan fingerprint density at radius 2 is 1.91 bits per heavy atom. The van der Waals surface area contributed by atoms with Crippen LogP contribution in [0.25, 0.3) is 5.69 Å². The molecule has 1 aliphatic heterocycles. The summed E-state index contributed by atoms with van der Waals surface area (Å²) in [6.45, 7) is 5.17. The molecule has 1 N–H and O–H groups in total. The number of ether oxygens (including phenoxy) is 1. The summed E-state index contributed by atoms with van der Waals surface area (Å²) in [4.78, 5) is 0. The highest BCUT2D eigenvalue weighted by atomic mass is 35.5. The van der Waals surface area contributed by atoms with E-state index in [0.29, 0.717) is 19.1 Å².